The van der Waals surface area contributed by atoms with Crippen LogP contribution in [0.4, 0.5) is 0 Å². The van der Waals surface area contributed by atoms with Crippen molar-refractivity contribution in [2.45, 2.75) is 6.92 Å². The van der Waals surface area contributed by atoms with E-state index >= 15 is 0 Å². The molecule has 0 aliphatic carbocycles. The number of aliphatic imine (C=N–C) groups is 1. The second kappa shape index (κ2) is 4.88. The number of aromatic nitrogens is 1. The van der Waals surface area contributed by atoms with Crippen molar-refractivity contribution in [2.24, 2.45) is 10.7 Å². The number of hydrogen-bond acceptors (Lipinski definition) is 3. The molecule has 2 aromatic rings. The topological polar surface area (TPSA) is 68.3 Å². The van der Waals surface area contributed by atoms with Crippen LogP contribution in [0.15, 0.2) is 40.7 Å². The number of thiazole rings is 1. The number of carbonyl (C=O) groups excluding carboxylic acids is 1. The molecule has 0 spiro atoms. The highest BCUT2D eigenvalue weighted by Gasteiger charge is 2.07. The van der Waals surface area contributed by atoms with Gasteiger partial charge < -0.3 is 5.73 Å². The third-order valence-corrected chi connectivity index (χ3v) is 2.90. The monoisotopic (exact) mass is 245 g/mol. The van der Waals surface area contributed by atoms with Gasteiger partial charge in [0.25, 0.3) is 5.91 Å². The van der Waals surface area contributed by atoms with E-state index in [0.29, 0.717) is 11.3 Å². The van der Waals surface area contributed by atoms with Gasteiger partial charge in [0.05, 0.1) is 5.01 Å². The van der Waals surface area contributed by atoms with Crippen molar-refractivity contribution in [3.63, 3.8) is 0 Å². The molecule has 0 aliphatic rings. The molecule has 0 bridgehead atoms. The smallest absolute Gasteiger partial charge is 0.278 e. The highest BCUT2D eigenvalue weighted by atomic mass is 32.1. The molecule has 1 aromatic carbocycles. The van der Waals surface area contributed by atoms with Crippen LogP contribution < -0.4 is 5.73 Å². The molecule has 5 heteroatoms. The van der Waals surface area contributed by atoms with Crippen molar-refractivity contribution < 1.29 is 4.79 Å². The molecular formula is C12H11N3OS. The largest absolute Gasteiger partial charge is 0.382 e. The minimum absolute atomic E-state index is 0.156. The summed E-state index contributed by atoms with van der Waals surface area (Å²) < 4.78 is 0. The standard InChI is InChI=1S/C12H11N3OS/c1-8-14-10(7-17-8)11(13)15-12(16)9-5-3-2-4-6-9/h2-7H,1H3,(H2,13,15,16). The van der Waals surface area contributed by atoms with Gasteiger partial charge in [-0.3, -0.25) is 4.79 Å². The lowest BCUT2D eigenvalue weighted by Crippen LogP contribution is -2.16. The van der Waals surface area contributed by atoms with Crippen LogP contribution >= 0.6 is 11.3 Å². The molecule has 2 rings (SSSR count). The summed E-state index contributed by atoms with van der Waals surface area (Å²) in [5.41, 5.74) is 6.79. The Morgan fingerprint density at radius 2 is 2.06 bits per heavy atom. The molecule has 0 saturated carbocycles. The first-order valence-electron chi connectivity index (χ1n) is 5.03. The first-order chi connectivity index (χ1) is 8.16. The van der Waals surface area contributed by atoms with Crippen LogP contribution in [0.5, 0.6) is 0 Å². The van der Waals surface area contributed by atoms with Gasteiger partial charge in [-0.1, -0.05) is 18.2 Å². The fourth-order valence-corrected chi connectivity index (χ4v) is 1.90. The quantitative estimate of drug-likeness (QED) is 0.650. The number of rotatable bonds is 2. The Morgan fingerprint density at radius 1 is 1.35 bits per heavy atom. The first kappa shape index (κ1) is 11.5. The van der Waals surface area contributed by atoms with E-state index in [1.54, 1.807) is 29.6 Å². The summed E-state index contributed by atoms with van der Waals surface area (Å²) >= 11 is 1.47. The summed E-state index contributed by atoms with van der Waals surface area (Å²) in [6.07, 6.45) is 0. The van der Waals surface area contributed by atoms with Crippen LogP contribution in [-0.2, 0) is 0 Å². The van der Waals surface area contributed by atoms with Crippen LogP contribution in [0.3, 0.4) is 0 Å². The predicted octanol–water partition coefficient (Wildman–Crippen LogP) is 2.00. The molecule has 17 heavy (non-hydrogen) atoms. The molecule has 1 aromatic heterocycles. The second-order valence-corrected chi connectivity index (χ2v) is 4.48. The Labute approximate surface area is 103 Å². The Hall–Kier alpha value is -2.01. The van der Waals surface area contributed by atoms with Gasteiger partial charge in [0.1, 0.15) is 5.69 Å². The highest BCUT2D eigenvalue weighted by molar-refractivity contribution is 7.09. The molecule has 0 atom stereocenters. The van der Waals surface area contributed by atoms with Gasteiger partial charge in [-0.25, -0.2) is 4.98 Å². The lowest BCUT2D eigenvalue weighted by Gasteiger charge is -1.96. The van der Waals surface area contributed by atoms with Gasteiger partial charge in [-0.2, -0.15) is 4.99 Å². The summed E-state index contributed by atoms with van der Waals surface area (Å²) in [6.45, 7) is 1.88. The Balaban J connectivity index is 2.23. The fourth-order valence-electron chi connectivity index (χ4n) is 1.29. The molecule has 0 radical (unpaired) electrons. The first-order valence-corrected chi connectivity index (χ1v) is 5.91. The summed E-state index contributed by atoms with van der Waals surface area (Å²) in [7, 11) is 0. The number of amides is 1. The average molecular weight is 245 g/mol. The van der Waals surface area contributed by atoms with Crippen molar-refractivity contribution >= 4 is 23.1 Å². The number of nitrogens with two attached hydrogens (primary N) is 1. The number of carbonyl (C=O) groups is 1. The predicted molar refractivity (Wildman–Crippen MR) is 68.3 cm³/mol. The summed E-state index contributed by atoms with van der Waals surface area (Å²) in [5, 5.41) is 2.68. The molecule has 0 fully saturated rings. The van der Waals surface area contributed by atoms with E-state index in [9.17, 15) is 4.79 Å². The van der Waals surface area contributed by atoms with E-state index in [1.165, 1.54) is 11.3 Å². The third-order valence-electron chi connectivity index (χ3n) is 2.12. The van der Waals surface area contributed by atoms with Crippen LogP contribution in [-0.4, -0.2) is 16.7 Å². The summed E-state index contributed by atoms with van der Waals surface area (Å²) in [5.74, 6) is -0.197. The Kier molecular flexibility index (Phi) is 3.30. The number of benzene rings is 1. The van der Waals surface area contributed by atoms with E-state index in [-0.39, 0.29) is 11.7 Å². The molecule has 0 aliphatic heterocycles. The number of amidine groups is 1. The van der Waals surface area contributed by atoms with Crippen molar-refractivity contribution in [1.29, 1.82) is 0 Å². The van der Waals surface area contributed by atoms with Crippen LogP contribution in [0.2, 0.25) is 0 Å². The van der Waals surface area contributed by atoms with E-state index in [0.717, 1.165) is 5.01 Å². The zero-order valence-electron chi connectivity index (χ0n) is 9.25. The SMILES string of the molecule is Cc1nc(C(N)=NC(=O)c2ccccc2)cs1. The number of aryl methyl sites for hydroxylation is 1. The molecular weight excluding hydrogens is 234 g/mol. The third kappa shape index (κ3) is 2.76. The molecule has 86 valence electrons. The maximum Gasteiger partial charge on any atom is 0.278 e. The van der Waals surface area contributed by atoms with Crippen LogP contribution in [0.25, 0.3) is 0 Å². The summed E-state index contributed by atoms with van der Waals surface area (Å²) in [4.78, 5) is 19.7. The van der Waals surface area contributed by atoms with Gasteiger partial charge in [-0.05, 0) is 19.1 Å². The molecule has 1 amide bonds. The number of hydrogen-bond donors (Lipinski definition) is 1. The second-order valence-electron chi connectivity index (χ2n) is 3.42. The molecule has 4 nitrogen and oxygen atoms in total. The minimum Gasteiger partial charge on any atom is -0.382 e. The van der Waals surface area contributed by atoms with E-state index < -0.39 is 0 Å². The Bertz CT molecular complexity index is 560. The highest BCUT2D eigenvalue weighted by Crippen LogP contribution is 2.08. The van der Waals surface area contributed by atoms with E-state index in [1.807, 2.05) is 13.0 Å². The van der Waals surface area contributed by atoms with E-state index in [2.05, 4.69) is 9.98 Å². The summed E-state index contributed by atoms with van der Waals surface area (Å²) in [6, 6.07) is 8.81. The Morgan fingerprint density at radius 3 is 2.65 bits per heavy atom. The molecule has 0 saturated heterocycles. The van der Waals surface area contributed by atoms with Crippen molar-refractivity contribution in [1.82, 2.24) is 4.98 Å². The maximum absolute atomic E-state index is 11.7. The minimum atomic E-state index is -0.353. The number of nitrogens with zero attached hydrogens (tertiary/aromatic N) is 2. The normalized spacial score (nSPS) is 11.5. The van der Waals surface area contributed by atoms with Gasteiger partial charge in [-0.15, -0.1) is 11.3 Å². The lowest BCUT2D eigenvalue weighted by atomic mass is 10.2. The van der Waals surface area contributed by atoms with Crippen molar-refractivity contribution in [2.75, 3.05) is 0 Å². The zero-order chi connectivity index (χ0) is 12.3. The van der Waals surface area contributed by atoms with Gasteiger partial charge in [0, 0.05) is 10.9 Å². The van der Waals surface area contributed by atoms with Gasteiger partial charge in [0.15, 0.2) is 5.84 Å². The average Bonchev–Trinajstić information content (AvgIpc) is 2.77. The maximum atomic E-state index is 11.7. The van der Waals surface area contributed by atoms with Gasteiger partial charge in [0.2, 0.25) is 0 Å². The van der Waals surface area contributed by atoms with Crippen LogP contribution in [0.1, 0.15) is 21.1 Å². The lowest BCUT2D eigenvalue weighted by molar-refractivity contribution is 0.100. The van der Waals surface area contributed by atoms with Crippen molar-refractivity contribution in [3.05, 3.63) is 52.0 Å². The molecule has 2 N–H and O–H groups in total. The van der Waals surface area contributed by atoms with Gasteiger partial charge >= 0.3 is 0 Å². The van der Waals surface area contributed by atoms with Crippen LogP contribution in [0, 0.1) is 6.92 Å². The molecule has 1 heterocycles. The van der Waals surface area contributed by atoms with Crippen molar-refractivity contribution in [3.8, 4) is 0 Å². The molecule has 0 unspecified atom stereocenters. The van der Waals surface area contributed by atoms with E-state index in [4.69, 9.17) is 5.73 Å². The fraction of sp³-hybridized carbons (Fsp3) is 0.0833. The zero-order valence-corrected chi connectivity index (χ0v) is 10.1.